The second kappa shape index (κ2) is 8.35. The highest BCUT2D eigenvalue weighted by Gasteiger charge is 2.14. The minimum Gasteiger partial charge on any atom is -0.351 e. The van der Waals surface area contributed by atoms with E-state index in [0.717, 1.165) is 23.3 Å². The van der Waals surface area contributed by atoms with Crippen molar-refractivity contribution in [2.75, 3.05) is 18.6 Å². The Morgan fingerprint density at radius 1 is 1.12 bits per heavy atom. The first-order valence-corrected chi connectivity index (χ1v) is 10.6. The SMILES string of the molecule is Cc1ccc(S(C)(=O)=O)cc1C(=O)NCCSCc1ccccc1. The van der Waals surface area contributed by atoms with Gasteiger partial charge in [-0.05, 0) is 30.2 Å². The van der Waals surface area contributed by atoms with E-state index in [4.69, 9.17) is 0 Å². The molecule has 0 bridgehead atoms. The lowest BCUT2D eigenvalue weighted by atomic mass is 10.1. The number of benzene rings is 2. The highest BCUT2D eigenvalue weighted by atomic mass is 32.2. The molecule has 128 valence electrons. The molecule has 2 rings (SSSR count). The van der Waals surface area contributed by atoms with E-state index in [0.29, 0.717) is 12.1 Å². The number of aryl methyl sites for hydroxylation is 1. The maximum absolute atomic E-state index is 12.3. The number of rotatable bonds is 7. The maximum atomic E-state index is 12.3. The van der Waals surface area contributed by atoms with Crippen molar-refractivity contribution in [3.8, 4) is 0 Å². The van der Waals surface area contributed by atoms with E-state index in [9.17, 15) is 13.2 Å². The van der Waals surface area contributed by atoms with Gasteiger partial charge in [-0.2, -0.15) is 11.8 Å². The molecule has 0 fully saturated rings. The average Bonchev–Trinajstić information content (AvgIpc) is 2.54. The molecule has 1 amide bonds. The van der Waals surface area contributed by atoms with Gasteiger partial charge in [0.05, 0.1) is 4.90 Å². The van der Waals surface area contributed by atoms with Crippen LogP contribution in [0, 0.1) is 6.92 Å². The summed E-state index contributed by atoms with van der Waals surface area (Å²) in [6, 6.07) is 14.8. The van der Waals surface area contributed by atoms with Crippen molar-refractivity contribution in [2.24, 2.45) is 0 Å². The number of carbonyl (C=O) groups excluding carboxylic acids is 1. The molecule has 0 saturated carbocycles. The summed E-state index contributed by atoms with van der Waals surface area (Å²) in [6.45, 7) is 2.34. The third-order valence-electron chi connectivity index (χ3n) is 3.53. The molecule has 0 unspecified atom stereocenters. The molecule has 0 spiro atoms. The topological polar surface area (TPSA) is 63.2 Å². The molecule has 0 radical (unpaired) electrons. The monoisotopic (exact) mass is 363 g/mol. The number of amides is 1. The van der Waals surface area contributed by atoms with Gasteiger partial charge in [0.15, 0.2) is 9.84 Å². The summed E-state index contributed by atoms with van der Waals surface area (Å²) in [6.07, 6.45) is 1.14. The second-order valence-corrected chi connectivity index (χ2v) is 8.66. The quantitative estimate of drug-likeness (QED) is 0.768. The minimum atomic E-state index is -3.32. The van der Waals surface area contributed by atoms with E-state index in [-0.39, 0.29) is 10.8 Å². The molecule has 0 aliphatic carbocycles. The first-order chi connectivity index (χ1) is 11.4. The van der Waals surface area contributed by atoms with Crippen LogP contribution in [0.4, 0.5) is 0 Å². The predicted octanol–water partition coefficient (Wildman–Crippen LogP) is 3.06. The van der Waals surface area contributed by atoms with Crippen LogP contribution in [-0.4, -0.2) is 32.9 Å². The summed E-state index contributed by atoms with van der Waals surface area (Å²) in [5, 5.41) is 2.85. The molecule has 0 atom stereocenters. The molecular formula is C18H21NO3S2. The van der Waals surface area contributed by atoms with Crippen LogP contribution in [0.1, 0.15) is 21.5 Å². The number of sulfone groups is 1. The molecule has 4 nitrogen and oxygen atoms in total. The fourth-order valence-electron chi connectivity index (χ4n) is 2.17. The lowest BCUT2D eigenvalue weighted by Crippen LogP contribution is -2.26. The Labute approximate surface area is 147 Å². The average molecular weight is 364 g/mol. The maximum Gasteiger partial charge on any atom is 0.251 e. The number of hydrogen-bond donors (Lipinski definition) is 1. The standard InChI is InChI=1S/C18H21NO3S2/c1-14-8-9-16(24(2,21)22)12-17(14)18(20)19-10-11-23-13-15-6-4-3-5-7-15/h3-9,12H,10-11,13H2,1-2H3,(H,19,20). The van der Waals surface area contributed by atoms with Gasteiger partial charge in [-0.25, -0.2) is 8.42 Å². The molecule has 2 aromatic rings. The van der Waals surface area contributed by atoms with Crippen molar-refractivity contribution in [1.82, 2.24) is 5.32 Å². The molecule has 2 aromatic carbocycles. The van der Waals surface area contributed by atoms with Crippen LogP contribution in [0.2, 0.25) is 0 Å². The Kier molecular flexibility index (Phi) is 6.45. The minimum absolute atomic E-state index is 0.164. The van der Waals surface area contributed by atoms with Crippen LogP contribution in [0.3, 0.4) is 0 Å². The zero-order chi connectivity index (χ0) is 17.6. The zero-order valence-electron chi connectivity index (χ0n) is 13.8. The van der Waals surface area contributed by atoms with Gasteiger partial charge in [0.25, 0.3) is 5.91 Å². The van der Waals surface area contributed by atoms with Crippen LogP contribution >= 0.6 is 11.8 Å². The van der Waals surface area contributed by atoms with Gasteiger partial charge in [0.1, 0.15) is 0 Å². The number of thioether (sulfide) groups is 1. The van der Waals surface area contributed by atoms with E-state index in [1.165, 1.54) is 17.7 Å². The summed E-state index contributed by atoms with van der Waals surface area (Å²) in [5.41, 5.74) is 2.42. The van der Waals surface area contributed by atoms with Crippen molar-refractivity contribution >= 4 is 27.5 Å². The Balaban J connectivity index is 1.86. The van der Waals surface area contributed by atoms with E-state index < -0.39 is 9.84 Å². The molecule has 0 saturated heterocycles. The second-order valence-electron chi connectivity index (χ2n) is 5.54. The number of nitrogens with one attached hydrogen (secondary N) is 1. The third kappa shape index (κ3) is 5.39. The van der Waals surface area contributed by atoms with Gasteiger partial charge < -0.3 is 5.32 Å². The van der Waals surface area contributed by atoms with Crippen LogP contribution in [0.5, 0.6) is 0 Å². The molecule has 1 N–H and O–H groups in total. The Bertz CT molecular complexity index is 802. The highest BCUT2D eigenvalue weighted by molar-refractivity contribution is 7.98. The summed E-state index contributed by atoms with van der Waals surface area (Å²) < 4.78 is 23.2. The number of hydrogen-bond acceptors (Lipinski definition) is 4. The first-order valence-electron chi connectivity index (χ1n) is 7.58. The van der Waals surface area contributed by atoms with Crippen molar-refractivity contribution in [3.63, 3.8) is 0 Å². The molecule has 0 aliphatic heterocycles. The summed E-state index contributed by atoms with van der Waals surface area (Å²) >= 11 is 1.74. The molecular weight excluding hydrogens is 342 g/mol. The predicted molar refractivity (Wildman–Crippen MR) is 99.2 cm³/mol. The Morgan fingerprint density at radius 3 is 2.50 bits per heavy atom. The fraction of sp³-hybridized carbons (Fsp3) is 0.278. The third-order valence-corrected chi connectivity index (χ3v) is 5.67. The Hall–Kier alpha value is -1.79. The van der Waals surface area contributed by atoms with E-state index in [1.54, 1.807) is 24.8 Å². The first kappa shape index (κ1) is 18.5. The highest BCUT2D eigenvalue weighted by Crippen LogP contribution is 2.16. The Morgan fingerprint density at radius 2 is 1.83 bits per heavy atom. The molecule has 0 aromatic heterocycles. The molecule has 0 aliphatic rings. The van der Waals surface area contributed by atoms with Crippen LogP contribution in [0.25, 0.3) is 0 Å². The van der Waals surface area contributed by atoms with Gasteiger partial charge in [-0.3, -0.25) is 4.79 Å². The van der Waals surface area contributed by atoms with Crippen molar-refractivity contribution in [2.45, 2.75) is 17.6 Å². The lowest BCUT2D eigenvalue weighted by molar-refractivity contribution is 0.0955. The van der Waals surface area contributed by atoms with Crippen LogP contribution < -0.4 is 5.32 Å². The van der Waals surface area contributed by atoms with Gasteiger partial charge in [-0.1, -0.05) is 36.4 Å². The summed E-state index contributed by atoms with van der Waals surface area (Å²) in [5.74, 6) is 1.46. The van der Waals surface area contributed by atoms with Gasteiger partial charge in [-0.15, -0.1) is 0 Å². The van der Waals surface area contributed by atoms with Crippen molar-refractivity contribution < 1.29 is 13.2 Å². The van der Waals surface area contributed by atoms with Gasteiger partial charge in [0.2, 0.25) is 0 Å². The van der Waals surface area contributed by atoms with E-state index in [1.807, 2.05) is 18.2 Å². The molecule has 6 heteroatoms. The van der Waals surface area contributed by atoms with Gasteiger partial charge in [0, 0.05) is 29.9 Å². The normalized spacial score (nSPS) is 11.2. The van der Waals surface area contributed by atoms with Crippen LogP contribution in [0.15, 0.2) is 53.4 Å². The smallest absolute Gasteiger partial charge is 0.251 e. The van der Waals surface area contributed by atoms with Crippen molar-refractivity contribution in [3.05, 3.63) is 65.2 Å². The van der Waals surface area contributed by atoms with E-state index in [2.05, 4.69) is 17.4 Å². The lowest BCUT2D eigenvalue weighted by Gasteiger charge is -2.09. The van der Waals surface area contributed by atoms with Crippen molar-refractivity contribution in [1.29, 1.82) is 0 Å². The molecule has 24 heavy (non-hydrogen) atoms. The van der Waals surface area contributed by atoms with Gasteiger partial charge >= 0.3 is 0 Å². The summed E-state index contributed by atoms with van der Waals surface area (Å²) in [4.78, 5) is 12.4. The van der Waals surface area contributed by atoms with Crippen LogP contribution in [-0.2, 0) is 15.6 Å². The largest absolute Gasteiger partial charge is 0.351 e. The summed E-state index contributed by atoms with van der Waals surface area (Å²) in [7, 11) is -3.32. The zero-order valence-corrected chi connectivity index (χ0v) is 15.4. The fourth-order valence-corrected chi connectivity index (χ4v) is 3.64. The van der Waals surface area contributed by atoms with E-state index >= 15 is 0 Å². The molecule has 0 heterocycles. The number of carbonyl (C=O) groups is 1.